The van der Waals surface area contributed by atoms with Crippen LogP contribution in [-0.2, 0) is 4.79 Å². The minimum Gasteiger partial charge on any atom is -0.485 e. The molecule has 0 fully saturated rings. The molecule has 1 amide bonds. The Labute approximate surface area is 127 Å². The number of nitrogens with one attached hydrogen (secondary N) is 2. The summed E-state index contributed by atoms with van der Waals surface area (Å²) < 4.78 is 11.1. The number of carbonyl (C=O) groups is 1. The molecule has 1 aromatic heterocycles. The van der Waals surface area contributed by atoms with E-state index in [9.17, 15) is 4.79 Å². The molecule has 2 N–H and O–H groups in total. The van der Waals surface area contributed by atoms with E-state index in [0.29, 0.717) is 22.9 Å². The third-order valence-electron chi connectivity index (χ3n) is 3.11. The van der Waals surface area contributed by atoms with Crippen molar-refractivity contribution in [2.75, 3.05) is 6.61 Å². The van der Waals surface area contributed by atoms with Crippen LogP contribution in [0.25, 0.3) is 5.70 Å². The van der Waals surface area contributed by atoms with Crippen LogP contribution in [0, 0.1) is 0 Å². The lowest BCUT2D eigenvalue weighted by molar-refractivity contribution is -0.131. The Hall–Kier alpha value is -3.02. The van der Waals surface area contributed by atoms with Crippen molar-refractivity contribution >= 4 is 11.6 Å². The number of hydrogen-bond acceptors (Lipinski definition) is 5. The lowest BCUT2D eigenvalue weighted by Gasteiger charge is -2.25. The van der Waals surface area contributed by atoms with Crippen LogP contribution < -0.4 is 20.3 Å². The summed E-state index contributed by atoms with van der Waals surface area (Å²) in [7, 11) is 0. The highest BCUT2D eigenvalue weighted by Crippen LogP contribution is 2.30. The standard InChI is InChI=1S/C16H15N3O3/c1-11(12-6-4-5-9-17-12)18-19-16(20)15-10-21-13-7-2-3-8-14(13)22-15/h2-9,15,18H,1,10H2,(H,19,20)/t15-/m0/s1. The molecule has 0 spiro atoms. The molecule has 6 heteroatoms. The molecule has 0 saturated carbocycles. The van der Waals surface area contributed by atoms with Crippen LogP contribution in [0.5, 0.6) is 11.5 Å². The molecule has 1 atom stereocenters. The van der Waals surface area contributed by atoms with E-state index in [1.54, 1.807) is 30.5 Å². The summed E-state index contributed by atoms with van der Waals surface area (Å²) in [4.78, 5) is 16.2. The molecule has 0 unspecified atom stereocenters. The Morgan fingerprint density at radius 2 is 1.91 bits per heavy atom. The highest BCUT2D eigenvalue weighted by molar-refractivity contribution is 5.82. The minimum atomic E-state index is -0.723. The summed E-state index contributed by atoms with van der Waals surface area (Å²) in [5, 5.41) is 0. The zero-order valence-corrected chi connectivity index (χ0v) is 11.8. The van der Waals surface area contributed by atoms with Crippen LogP contribution in [0.2, 0.25) is 0 Å². The van der Waals surface area contributed by atoms with E-state index in [2.05, 4.69) is 22.4 Å². The number of nitrogens with zero attached hydrogens (tertiary/aromatic N) is 1. The maximum absolute atomic E-state index is 12.1. The van der Waals surface area contributed by atoms with Gasteiger partial charge in [0.15, 0.2) is 11.5 Å². The van der Waals surface area contributed by atoms with E-state index in [0.717, 1.165) is 0 Å². The zero-order valence-electron chi connectivity index (χ0n) is 11.8. The second kappa shape index (κ2) is 6.17. The number of carbonyl (C=O) groups excluding carboxylic acids is 1. The highest BCUT2D eigenvalue weighted by Gasteiger charge is 2.27. The Bertz CT molecular complexity index is 688. The lowest BCUT2D eigenvalue weighted by Crippen LogP contribution is -2.48. The fourth-order valence-corrected chi connectivity index (χ4v) is 1.97. The quantitative estimate of drug-likeness (QED) is 0.837. The molecule has 0 bridgehead atoms. The number of hydrogen-bond donors (Lipinski definition) is 2. The molecule has 0 aliphatic carbocycles. The van der Waals surface area contributed by atoms with Gasteiger partial charge in [-0.25, -0.2) is 0 Å². The van der Waals surface area contributed by atoms with Gasteiger partial charge in [-0.3, -0.25) is 20.6 Å². The van der Waals surface area contributed by atoms with Gasteiger partial charge in [-0.2, -0.15) is 0 Å². The molecular formula is C16H15N3O3. The molecular weight excluding hydrogens is 282 g/mol. The first-order valence-electron chi connectivity index (χ1n) is 6.79. The van der Waals surface area contributed by atoms with Crippen molar-refractivity contribution in [3.63, 3.8) is 0 Å². The third-order valence-corrected chi connectivity index (χ3v) is 3.11. The molecule has 0 radical (unpaired) electrons. The van der Waals surface area contributed by atoms with Crippen molar-refractivity contribution in [2.45, 2.75) is 6.10 Å². The normalized spacial score (nSPS) is 15.7. The van der Waals surface area contributed by atoms with Gasteiger partial charge in [0.25, 0.3) is 5.91 Å². The number of fused-ring (bicyclic) bond motifs is 1. The monoisotopic (exact) mass is 297 g/mol. The number of ether oxygens (including phenoxy) is 2. The van der Waals surface area contributed by atoms with E-state index in [-0.39, 0.29) is 12.5 Å². The van der Waals surface area contributed by atoms with Crippen LogP contribution in [0.1, 0.15) is 5.69 Å². The fraction of sp³-hybridized carbons (Fsp3) is 0.125. The van der Waals surface area contributed by atoms with Gasteiger partial charge in [0.1, 0.15) is 6.61 Å². The van der Waals surface area contributed by atoms with Crippen molar-refractivity contribution in [3.8, 4) is 11.5 Å². The largest absolute Gasteiger partial charge is 0.485 e. The number of rotatable bonds is 4. The number of amides is 1. The topological polar surface area (TPSA) is 72.5 Å². The van der Waals surface area contributed by atoms with Crippen molar-refractivity contribution < 1.29 is 14.3 Å². The summed E-state index contributed by atoms with van der Waals surface area (Å²) in [5.74, 6) is 0.849. The predicted octanol–water partition coefficient (Wildman–Crippen LogP) is 1.51. The summed E-state index contributed by atoms with van der Waals surface area (Å²) in [6.07, 6.45) is 0.929. The van der Waals surface area contributed by atoms with E-state index < -0.39 is 6.10 Å². The first kappa shape index (κ1) is 13.9. The maximum atomic E-state index is 12.1. The van der Waals surface area contributed by atoms with E-state index in [1.807, 2.05) is 18.2 Å². The second-order valence-electron chi connectivity index (χ2n) is 4.67. The van der Waals surface area contributed by atoms with E-state index >= 15 is 0 Å². The van der Waals surface area contributed by atoms with Gasteiger partial charge in [-0.05, 0) is 24.3 Å². The van der Waals surface area contributed by atoms with Crippen molar-refractivity contribution in [1.82, 2.24) is 15.8 Å². The van der Waals surface area contributed by atoms with Crippen LogP contribution in [0.4, 0.5) is 0 Å². The maximum Gasteiger partial charge on any atom is 0.282 e. The molecule has 22 heavy (non-hydrogen) atoms. The minimum absolute atomic E-state index is 0.153. The average molecular weight is 297 g/mol. The van der Waals surface area contributed by atoms with Gasteiger partial charge in [0.05, 0.1) is 11.4 Å². The predicted molar refractivity (Wildman–Crippen MR) is 80.9 cm³/mol. The van der Waals surface area contributed by atoms with E-state index in [1.165, 1.54) is 0 Å². The van der Waals surface area contributed by atoms with Gasteiger partial charge in [-0.15, -0.1) is 0 Å². The van der Waals surface area contributed by atoms with Gasteiger partial charge in [-0.1, -0.05) is 24.8 Å². The van der Waals surface area contributed by atoms with Crippen LogP contribution in [0.3, 0.4) is 0 Å². The first-order valence-corrected chi connectivity index (χ1v) is 6.79. The average Bonchev–Trinajstić information content (AvgIpc) is 2.59. The van der Waals surface area contributed by atoms with Gasteiger partial charge in [0, 0.05) is 6.20 Å². The summed E-state index contributed by atoms with van der Waals surface area (Å²) in [6, 6.07) is 12.7. The van der Waals surface area contributed by atoms with Gasteiger partial charge < -0.3 is 9.47 Å². The van der Waals surface area contributed by atoms with Crippen molar-refractivity contribution in [1.29, 1.82) is 0 Å². The van der Waals surface area contributed by atoms with Gasteiger partial charge in [0.2, 0.25) is 6.10 Å². The Balaban J connectivity index is 1.56. The van der Waals surface area contributed by atoms with Crippen LogP contribution in [0.15, 0.2) is 55.2 Å². The van der Waals surface area contributed by atoms with Gasteiger partial charge >= 0.3 is 0 Å². The molecule has 0 saturated heterocycles. The van der Waals surface area contributed by atoms with Crippen LogP contribution >= 0.6 is 0 Å². The molecule has 112 valence electrons. The number of pyridine rings is 1. The number of benzene rings is 1. The fourth-order valence-electron chi connectivity index (χ4n) is 1.97. The number of aromatic nitrogens is 1. The Kier molecular flexibility index (Phi) is 3.91. The second-order valence-corrected chi connectivity index (χ2v) is 4.67. The molecule has 2 heterocycles. The summed E-state index contributed by atoms with van der Waals surface area (Å²) in [6.45, 7) is 3.97. The Morgan fingerprint density at radius 1 is 1.14 bits per heavy atom. The Morgan fingerprint density at radius 3 is 2.68 bits per heavy atom. The number of hydrazine groups is 1. The van der Waals surface area contributed by atoms with Crippen molar-refractivity contribution in [2.24, 2.45) is 0 Å². The molecule has 2 aromatic rings. The van der Waals surface area contributed by atoms with Crippen LogP contribution in [-0.4, -0.2) is 23.6 Å². The molecule has 1 aliphatic heterocycles. The number of para-hydroxylation sites is 2. The molecule has 1 aliphatic rings. The summed E-state index contributed by atoms with van der Waals surface area (Å²) in [5.41, 5.74) is 6.41. The first-order chi connectivity index (χ1) is 10.7. The zero-order chi connectivity index (χ0) is 15.4. The summed E-state index contributed by atoms with van der Waals surface area (Å²) >= 11 is 0. The highest BCUT2D eigenvalue weighted by atomic mass is 16.6. The van der Waals surface area contributed by atoms with Crippen molar-refractivity contribution in [3.05, 3.63) is 60.9 Å². The molecule has 3 rings (SSSR count). The molecule has 6 nitrogen and oxygen atoms in total. The lowest BCUT2D eigenvalue weighted by atomic mass is 10.2. The molecule has 1 aromatic carbocycles. The van der Waals surface area contributed by atoms with E-state index in [4.69, 9.17) is 9.47 Å². The third kappa shape index (κ3) is 3.01. The smallest absolute Gasteiger partial charge is 0.282 e. The SMILES string of the molecule is C=C(NNC(=O)[C@@H]1COc2ccccc2O1)c1ccccn1.